The molecule has 3 rings (SSSR count). The van der Waals surface area contributed by atoms with E-state index in [0.29, 0.717) is 12.0 Å². The summed E-state index contributed by atoms with van der Waals surface area (Å²) in [6, 6.07) is 6.46. The zero-order valence-electron chi connectivity index (χ0n) is 12.1. The summed E-state index contributed by atoms with van der Waals surface area (Å²) in [5, 5.41) is 1.05. The molecule has 2 aromatic rings. The topological polar surface area (TPSA) is 25.2 Å². The number of nitrogens with zero attached hydrogens (tertiary/aromatic N) is 2. The molecule has 4 heteroatoms. The molecule has 0 N–H and O–H groups in total. The predicted octanol–water partition coefficient (Wildman–Crippen LogP) is 4.08. The van der Waals surface area contributed by atoms with Crippen molar-refractivity contribution < 1.29 is 4.79 Å². The minimum atomic E-state index is 0.162. The molecule has 0 bridgehead atoms. The molecule has 0 saturated carbocycles. The Balaban J connectivity index is 2.09. The Morgan fingerprint density at radius 3 is 2.65 bits per heavy atom. The van der Waals surface area contributed by atoms with Crippen LogP contribution in [0.15, 0.2) is 28.9 Å². The second-order valence-corrected chi connectivity index (χ2v) is 6.94. The van der Waals surface area contributed by atoms with Crippen LogP contribution < -0.4 is 0 Å². The van der Waals surface area contributed by atoms with E-state index in [2.05, 4.69) is 47.3 Å². The molecule has 20 heavy (non-hydrogen) atoms. The van der Waals surface area contributed by atoms with Crippen LogP contribution in [-0.4, -0.2) is 28.5 Å². The minimum Gasteiger partial charge on any atom is -0.344 e. The van der Waals surface area contributed by atoms with Crippen molar-refractivity contribution in [2.45, 2.75) is 26.8 Å². The fourth-order valence-electron chi connectivity index (χ4n) is 2.86. The van der Waals surface area contributed by atoms with Crippen molar-refractivity contribution in [1.29, 1.82) is 0 Å². The van der Waals surface area contributed by atoms with Crippen molar-refractivity contribution in [2.75, 3.05) is 13.1 Å². The van der Waals surface area contributed by atoms with Crippen molar-refractivity contribution in [3.05, 3.63) is 34.4 Å². The number of carbonyl (C=O) groups is 1. The van der Waals surface area contributed by atoms with Gasteiger partial charge in [0.2, 0.25) is 0 Å². The van der Waals surface area contributed by atoms with Gasteiger partial charge in [0.15, 0.2) is 0 Å². The summed E-state index contributed by atoms with van der Waals surface area (Å²) in [4.78, 5) is 14.5. The van der Waals surface area contributed by atoms with Crippen LogP contribution in [0.5, 0.6) is 0 Å². The van der Waals surface area contributed by atoms with Crippen LogP contribution in [0.1, 0.15) is 37.2 Å². The van der Waals surface area contributed by atoms with Gasteiger partial charge in [0, 0.05) is 35.2 Å². The summed E-state index contributed by atoms with van der Waals surface area (Å²) in [5.74, 6) is 0.793. The molecule has 1 aromatic carbocycles. The van der Waals surface area contributed by atoms with Crippen LogP contribution in [0.25, 0.3) is 10.9 Å². The van der Waals surface area contributed by atoms with Gasteiger partial charge in [0.1, 0.15) is 0 Å². The molecule has 106 valence electrons. The minimum absolute atomic E-state index is 0.162. The van der Waals surface area contributed by atoms with Gasteiger partial charge in [0.25, 0.3) is 5.91 Å². The average molecular weight is 335 g/mol. The number of halogens is 1. The first kappa shape index (κ1) is 13.7. The lowest BCUT2D eigenvalue weighted by Gasteiger charge is -2.37. The highest BCUT2D eigenvalue weighted by Crippen LogP contribution is 2.29. The summed E-state index contributed by atoms with van der Waals surface area (Å²) in [6.07, 6.45) is 2.01. The number of fused-ring (bicyclic) bond motifs is 1. The first-order valence-corrected chi connectivity index (χ1v) is 7.86. The van der Waals surface area contributed by atoms with Gasteiger partial charge in [0.05, 0.1) is 11.1 Å². The Bertz CT molecular complexity index is 668. The molecule has 1 amide bonds. The van der Waals surface area contributed by atoms with Crippen LogP contribution in [0.4, 0.5) is 0 Å². The van der Waals surface area contributed by atoms with Gasteiger partial charge >= 0.3 is 0 Å². The number of carbonyl (C=O) groups excluding carboxylic acids is 1. The SMILES string of the molecule is CC1CN(C(=O)c2cn(C(C)C)c3cc(Br)ccc23)C1. The van der Waals surface area contributed by atoms with E-state index in [9.17, 15) is 4.79 Å². The largest absolute Gasteiger partial charge is 0.344 e. The molecule has 1 fully saturated rings. The maximum atomic E-state index is 12.6. The molecule has 0 aliphatic carbocycles. The molecule has 0 radical (unpaired) electrons. The van der Waals surface area contributed by atoms with E-state index >= 15 is 0 Å². The number of hydrogen-bond donors (Lipinski definition) is 0. The molecule has 1 aromatic heterocycles. The van der Waals surface area contributed by atoms with Gasteiger partial charge in [-0.15, -0.1) is 0 Å². The first-order valence-electron chi connectivity index (χ1n) is 7.06. The Kier molecular flexibility index (Phi) is 3.36. The van der Waals surface area contributed by atoms with Crippen molar-refractivity contribution in [3.63, 3.8) is 0 Å². The van der Waals surface area contributed by atoms with E-state index in [1.807, 2.05) is 23.2 Å². The molecule has 1 aliphatic heterocycles. The molecule has 0 spiro atoms. The smallest absolute Gasteiger partial charge is 0.256 e. The summed E-state index contributed by atoms with van der Waals surface area (Å²) in [7, 11) is 0. The molecule has 1 aliphatic rings. The van der Waals surface area contributed by atoms with Gasteiger partial charge in [-0.2, -0.15) is 0 Å². The van der Waals surface area contributed by atoms with Crippen LogP contribution in [0.3, 0.4) is 0 Å². The lowest BCUT2D eigenvalue weighted by Crippen LogP contribution is -2.48. The lowest BCUT2D eigenvalue weighted by molar-refractivity contribution is 0.0532. The number of aromatic nitrogens is 1. The highest BCUT2D eigenvalue weighted by molar-refractivity contribution is 9.10. The molecule has 3 nitrogen and oxygen atoms in total. The third-order valence-corrected chi connectivity index (χ3v) is 4.43. The Morgan fingerprint density at radius 1 is 1.35 bits per heavy atom. The lowest BCUT2D eigenvalue weighted by atomic mass is 10.0. The van der Waals surface area contributed by atoms with Gasteiger partial charge in [-0.05, 0) is 31.9 Å². The number of hydrogen-bond acceptors (Lipinski definition) is 1. The third kappa shape index (κ3) is 2.16. The summed E-state index contributed by atoms with van der Waals surface area (Å²) in [6.45, 7) is 8.21. The van der Waals surface area contributed by atoms with Gasteiger partial charge in [-0.25, -0.2) is 0 Å². The molecule has 0 atom stereocenters. The Labute approximate surface area is 127 Å². The fourth-order valence-corrected chi connectivity index (χ4v) is 3.21. The van der Waals surface area contributed by atoms with Crippen molar-refractivity contribution in [1.82, 2.24) is 9.47 Å². The number of likely N-dealkylation sites (tertiary alicyclic amines) is 1. The van der Waals surface area contributed by atoms with Crippen LogP contribution in [0.2, 0.25) is 0 Å². The maximum Gasteiger partial charge on any atom is 0.256 e. The van der Waals surface area contributed by atoms with Gasteiger partial charge in [-0.1, -0.05) is 28.9 Å². The first-order chi connectivity index (χ1) is 9.47. The van der Waals surface area contributed by atoms with Gasteiger partial charge in [-0.3, -0.25) is 4.79 Å². The number of amides is 1. The zero-order valence-corrected chi connectivity index (χ0v) is 13.6. The number of rotatable bonds is 2. The average Bonchev–Trinajstić information content (AvgIpc) is 2.73. The highest BCUT2D eigenvalue weighted by atomic mass is 79.9. The van der Waals surface area contributed by atoms with E-state index in [0.717, 1.165) is 34.0 Å². The normalized spacial score (nSPS) is 15.9. The van der Waals surface area contributed by atoms with Crippen molar-refractivity contribution >= 4 is 32.7 Å². The molecule has 2 heterocycles. The quantitative estimate of drug-likeness (QED) is 0.812. The monoisotopic (exact) mass is 334 g/mol. The van der Waals surface area contributed by atoms with Crippen molar-refractivity contribution in [2.24, 2.45) is 5.92 Å². The maximum absolute atomic E-state index is 12.6. The highest BCUT2D eigenvalue weighted by Gasteiger charge is 2.29. The molecular formula is C16H19BrN2O. The second-order valence-electron chi connectivity index (χ2n) is 6.02. The molecule has 1 saturated heterocycles. The van der Waals surface area contributed by atoms with E-state index in [4.69, 9.17) is 0 Å². The third-order valence-electron chi connectivity index (χ3n) is 3.93. The van der Waals surface area contributed by atoms with Gasteiger partial charge < -0.3 is 9.47 Å². The summed E-state index contributed by atoms with van der Waals surface area (Å²) < 4.78 is 3.22. The van der Waals surface area contributed by atoms with Crippen LogP contribution in [-0.2, 0) is 0 Å². The Hall–Kier alpha value is -1.29. The van der Waals surface area contributed by atoms with E-state index in [1.54, 1.807) is 0 Å². The number of benzene rings is 1. The Morgan fingerprint density at radius 2 is 2.05 bits per heavy atom. The molecular weight excluding hydrogens is 316 g/mol. The standard InChI is InChI=1S/C16H19BrN2O/c1-10(2)19-9-14(16(20)18-7-11(3)8-18)13-5-4-12(17)6-15(13)19/h4-6,9-11H,7-8H2,1-3H3. The van der Waals surface area contributed by atoms with E-state index in [-0.39, 0.29) is 5.91 Å². The molecule has 0 unspecified atom stereocenters. The summed E-state index contributed by atoms with van der Waals surface area (Å²) >= 11 is 3.51. The fraction of sp³-hybridized carbons (Fsp3) is 0.438. The summed E-state index contributed by atoms with van der Waals surface area (Å²) in [5.41, 5.74) is 1.94. The van der Waals surface area contributed by atoms with Crippen LogP contribution in [0, 0.1) is 5.92 Å². The predicted molar refractivity (Wildman–Crippen MR) is 85.1 cm³/mol. The van der Waals surface area contributed by atoms with Crippen molar-refractivity contribution in [3.8, 4) is 0 Å². The zero-order chi connectivity index (χ0) is 14.4. The second kappa shape index (κ2) is 4.92. The van der Waals surface area contributed by atoms with Crippen LogP contribution >= 0.6 is 15.9 Å². The van der Waals surface area contributed by atoms with E-state index < -0.39 is 0 Å². The van der Waals surface area contributed by atoms with E-state index in [1.165, 1.54) is 0 Å².